The number of aromatic nitrogens is 6. The molecule has 0 aliphatic carbocycles. The third-order valence-corrected chi connectivity index (χ3v) is 6.18. The van der Waals surface area contributed by atoms with Gasteiger partial charge in [-0.25, -0.2) is 15.0 Å². The molecule has 0 spiro atoms. The fourth-order valence-corrected chi connectivity index (χ4v) is 4.54. The van der Waals surface area contributed by atoms with E-state index in [1.165, 1.54) is 19.0 Å². The van der Waals surface area contributed by atoms with E-state index in [1.54, 1.807) is 10.7 Å². The first-order valence-corrected chi connectivity index (χ1v) is 10.8. The molecular formula is C23H26N8O. The Morgan fingerprint density at radius 1 is 1.12 bits per heavy atom. The van der Waals surface area contributed by atoms with E-state index in [0.717, 1.165) is 22.9 Å². The number of primary amides is 1. The lowest BCUT2D eigenvalue weighted by molar-refractivity contribution is 0.1000. The van der Waals surface area contributed by atoms with E-state index in [2.05, 4.69) is 34.9 Å². The molecule has 4 aromatic heterocycles. The summed E-state index contributed by atoms with van der Waals surface area (Å²) < 4.78 is 3.77. The number of carbonyl (C=O) groups excluding carboxylic acids is 1. The van der Waals surface area contributed by atoms with Gasteiger partial charge in [0.05, 0.1) is 17.8 Å². The number of nitrogens with zero attached hydrogens (tertiary/aromatic N) is 7. The maximum absolute atomic E-state index is 11.6. The lowest BCUT2D eigenvalue weighted by Crippen LogP contribution is -2.33. The molecule has 0 aromatic carbocycles. The van der Waals surface area contributed by atoms with Crippen LogP contribution in [0.15, 0.2) is 42.9 Å². The number of anilines is 1. The summed E-state index contributed by atoms with van der Waals surface area (Å²) in [5.74, 6) is 1.18. The Morgan fingerprint density at radius 3 is 2.53 bits per heavy atom. The highest BCUT2D eigenvalue weighted by molar-refractivity contribution is 5.95. The van der Waals surface area contributed by atoms with Crippen LogP contribution in [-0.2, 0) is 13.6 Å². The quantitative estimate of drug-likeness (QED) is 0.522. The number of aryl methyl sites for hydroxylation is 1. The van der Waals surface area contributed by atoms with Crippen molar-refractivity contribution in [1.29, 1.82) is 0 Å². The lowest BCUT2D eigenvalue weighted by atomic mass is 10.2. The highest BCUT2D eigenvalue weighted by Gasteiger charge is 2.28. The molecule has 164 valence electrons. The van der Waals surface area contributed by atoms with Crippen molar-refractivity contribution in [3.05, 3.63) is 54.1 Å². The van der Waals surface area contributed by atoms with Crippen LogP contribution < -0.4 is 10.6 Å². The number of rotatable bonds is 5. The molecule has 9 nitrogen and oxygen atoms in total. The second-order valence-corrected chi connectivity index (χ2v) is 8.52. The standard InChI is InChI=1S/C23H26N8O/c1-14-4-5-15(2)31(14)20-7-6-16(11-25-20)22-27-19-10-17(21(24)32)12-26-23(19)30(22)13-18-8-9-29(3)28-18/h6-12,14-15H,4-5,13H2,1-3H3,(H2,24,32)/t14-,15-/m0/s1. The summed E-state index contributed by atoms with van der Waals surface area (Å²) in [5, 5.41) is 4.50. The molecule has 0 radical (unpaired) electrons. The number of hydrogen-bond acceptors (Lipinski definition) is 6. The Morgan fingerprint density at radius 2 is 1.91 bits per heavy atom. The Kier molecular flexibility index (Phi) is 4.88. The van der Waals surface area contributed by atoms with Gasteiger partial charge in [-0.2, -0.15) is 5.10 Å². The van der Waals surface area contributed by atoms with Crippen LogP contribution in [0.2, 0.25) is 0 Å². The van der Waals surface area contributed by atoms with Crippen molar-refractivity contribution in [1.82, 2.24) is 29.3 Å². The molecule has 4 aromatic rings. The van der Waals surface area contributed by atoms with E-state index in [0.29, 0.717) is 35.4 Å². The molecule has 1 aliphatic rings. The van der Waals surface area contributed by atoms with E-state index in [4.69, 9.17) is 15.7 Å². The van der Waals surface area contributed by atoms with Gasteiger partial charge in [0.1, 0.15) is 17.2 Å². The van der Waals surface area contributed by atoms with Crippen molar-refractivity contribution < 1.29 is 4.79 Å². The third kappa shape index (κ3) is 3.49. The summed E-state index contributed by atoms with van der Waals surface area (Å²) in [5.41, 5.74) is 8.82. The number of hydrogen-bond donors (Lipinski definition) is 1. The van der Waals surface area contributed by atoms with Gasteiger partial charge in [0, 0.05) is 43.3 Å². The monoisotopic (exact) mass is 430 g/mol. The summed E-state index contributed by atoms with van der Waals surface area (Å²) >= 11 is 0. The Labute approximate surface area is 185 Å². The highest BCUT2D eigenvalue weighted by Crippen LogP contribution is 2.31. The predicted molar refractivity (Wildman–Crippen MR) is 122 cm³/mol. The summed E-state index contributed by atoms with van der Waals surface area (Å²) in [6.07, 6.45) is 7.61. The molecule has 1 saturated heterocycles. The zero-order valence-electron chi connectivity index (χ0n) is 18.4. The largest absolute Gasteiger partial charge is 0.366 e. The van der Waals surface area contributed by atoms with Gasteiger partial charge < -0.3 is 15.2 Å². The second kappa shape index (κ2) is 7.74. The van der Waals surface area contributed by atoms with Crippen LogP contribution in [0.4, 0.5) is 5.82 Å². The first kappa shape index (κ1) is 20.2. The molecule has 2 N–H and O–H groups in total. The molecule has 1 aliphatic heterocycles. The molecule has 2 atom stereocenters. The van der Waals surface area contributed by atoms with Crippen LogP contribution in [0, 0.1) is 0 Å². The SMILES string of the molecule is C[C@H]1CC[C@H](C)N1c1ccc(-c2nc3cc(C(N)=O)cnc3n2Cc2ccn(C)n2)cn1. The van der Waals surface area contributed by atoms with Gasteiger partial charge in [-0.15, -0.1) is 0 Å². The molecule has 5 rings (SSSR count). The Bertz CT molecular complexity index is 1280. The molecular weight excluding hydrogens is 404 g/mol. The van der Waals surface area contributed by atoms with Gasteiger partial charge in [0.2, 0.25) is 5.91 Å². The first-order valence-electron chi connectivity index (χ1n) is 10.8. The minimum Gasteiger partial charge on any atom is -0.366 e. The molecule has 32 heavy (non-hydrogen) atoms. The van der Waals surface area contributed by atoms with E-state index in [9.17, 15) is 4.79 Å². The van der Waals surface area contributed by atoms with Crippen molar-refractivity contribution >= 4 is 22.9 Å². The number of fused-ring (bicyclic) bond motifs is 1. The molecule has 0 saturated carbocycles. The third-order valence-electron chi connectivity index (χ3n) is 6.18. The minimum absolute atomic E-state index is 0.331. The minimum atomic E-state index is -0.528. The average Bonchev–Trinajstić information content (AvgIpc) is 3.45. The number of nitrogens with two attached hydrogens (primary N) is 1. The predicted octanol–water partition coefficient (Wildman–Crippen LogP) is 2.75. The van der Waals surface area contributed by atoms with Crippen molar-refractivity contribution in [2.75, 3.05) is 4.90 Å². The number of amides is 1. The van der Waals surface area contributed by atoms with E-state index in [1.807, 2.05) is 36.1 Å². The summed E-state index contributed by atoms with van der Waals surface area (Å²) in [4.78, 5) is 28.1. The molecule has 0 unspecified atom stereocenters. The topological polar surface area (TPSA) is 108 Å². The normalized spacial score (nSPS) is 18.5. The smallest absolute Gasteiger partial charge is 0.250 e. The zero-order valence-corrected chi connectivity index (χ0v) is 18.4. The van der Waals surface area contributed by atoms with Gasteiger partial charge in [0.25, 0.3) is 0 Å². The van der Waals surface area contributed by atoms with Crippen molar-refractivity contribution in [2.24, 2.45) is 12.8 Å². The van der Waals surface area contributed by atoms with Crippen LogP contribution in [0.3, 0.4) is 0 Å². The van der Waals surface area contributed by atoms with Crippen LogP contribution in [-0.4, -0.2) is 47.3 Å². The molecule has 5 heterocycles. The number of pyridine rings is 2. The molecule has 0 bridgehead atoms. The van der Waals surface area contributed by atoms with Crippen LogP contribution in [0.5, 0.6) is 0 Å². The summed E-state index contributed by atoms with van der Waals surface area (Å²) in [6, 6.07) is 8.71. The zero-order chi connectivity index (χ0) is 22.4. The number of imidazole rings is 1. The van der Waals surface area contributed by atoms with Crippen molar-refractivity contribution in [3.8, 4) is 11.4 Å². The Balaban J connectivity index is 1.58. The van der Waals surface area contributed by atoms with Crippen LogP contribution >= 0.6 is 0 Å². The first-order chi connectivity index (χ1) is 15.4. The van der Waals surface area contributed by atoms with E-state index >= 15 is 0 Å². The van der Waals surface area contributed by atoms with Crippen LogP contribution in [0.1, 0.15) is 42.7 Å². The fourth-order valence-electron chi connectivity index (χ4n) is 4.54. The van der Waals surface area contributed by atoms with Gasteiger partial charge in [-0.1, -0.05) is 0 Å². The fraction of sp³-hybridized carbons (Fsp3) is 0.348. The second-order valence-electron chi connectivity index (χ2n) is 8.52. The van der Waals surface area contributed by atoms with Crippen molar-refractivity contribution in [3.63, 3.8) is 0 Å². The summed E-state index contributed by atoms with van der Waals surface area (Å²) in [6.45, 7) is 4.98. The molecule has 1 fully saturated rings. The van der Waals surface area contributed by atoms with Gasteiger partial charge >= 0.3 is 0 Å². The average molecular weight is 431 g/mol. The maximum atomic E-state index is 11.6. The van der Waals surface area contributed by atoms with Crippen LogP contribution in [0.25, 0.3) is 22.6 Å². The molecule has 9 heteroatoms. The highest BCUT2D eigenvalue weighted by atomic mass is 16.1. The summed E-state index contributed by atoms with van der Waals surface area (Å²) in [7, 11) is 1.89. The van der Waals surface area contributed by atoms with Crippen molar-refractivity contribution in [2.45, 2.75) is 45.3 Å². The Hall–Kier alpha value is -3.75. The maximum Gasteiger partial charge on any atom is 0.250 e. The van der Waals surface area contributed by atoms with Gasteiger partial charge in [-0.3, -0.25) is 9.48 Å². The van der Waals surface area contributed by atoms with Gasteiger partial charge in [-0.05, 0) is 51.0 Å². The van der Waals surface area contributed by atoms with E-state index < -0.39 is 5.91 Å². The lowest BCUT2D eigenvalue weighted by Gasteiger charge is -2.27. The van der Waals surface area contributed by atoms with Gasteiger partial charge in [0.15, 0.2) is 5.65 Å². The van der Waals surface area contributed by atoms with E-state index in [-0.39, 0.29) is 0 Å². The number of carbonyl (C=O) groups is 1. The molecule has 1 amide bonds.